The lowest BCUT2D eigenvalue weighted by Crippen LogP contribution is -2.49. The lowest BCUT2D eigenvalue weighted by Gasteiger charge is -2.42. The van der Waals surface area contributed by atoms with E-state index >= 15 is 0 Å². The molecule has 2 aromatic carbocycles. The molecule has 0 radical (unpaired) electrons. The van der Waals surface area contributed by atoms with E-state index in [4.69, 9.17) is 9.47 Å². The first kappa shape index (κ1) is 23.1. The molecule has 3 rings (SSSR count). The van der Waals surface area contributed by atoms with E-state index in [0.717, 1.165) is 24.9 Å². The molecule has 0 saturated heterocycles. The number of benzene rings is 2. The van der Waals surface area contributed by atoms with Crippen LogP contribution in [0, 0.1) is 11.7 Å². The number of halogens is 1. The molecular formula is C25H33FN2O3. The van der Waals surface area contributed by atoms with Crippen molar-refractivity contribution < 1.29 is 18.7 Å². The summed E-state index contributed by atoms with van der Waals surface area (Å²) < 4.78 is 25.5. The number of carbonyl (C=O) groups is 1. The number of hydrogen-bond donors (Lipinski definition) is 1. The summed E-state index contributed by atoms with van der Waals surface area (Å²) in [5.41, 5.74) is 2.92. The van der Waals surface area contributed by atoms with Crippen molar-refractivity contribution in [3.05, 3.63) is 58.9 Å². The van der Waals surface area contributed by atoms with Crippen LogP contribution in [0.2, 0.25) is 0 Å². The Kier molecular flexibility index (Phi) is 7.55. The van der Waals surface area contributed by atoms with E-state index in [2.05, 4.69) is 17.1 Å². The van der Waals surface area contributed by atoms with Gasteiger partial charge in [0.05, 0.1) is 20.3 Å². The van der Waals surface area contributed by atoms with E-state index < -0.39 is 0 Å². The fourth-order valence-electron chi connectivity index (χ4n) is 4.28. The first-order chi connectivity index (χ1) is 14.9. The highest BCUT2D eigenvalue weighted by molar-refractivity contribution is 5.78. The second-order valence-corrected chi connectivity index (χ2v) is 8.34. The molecule has 0 bridgehead atoms. The summed E-state index contributed by atoms with van der Waals surface area (Å²) in [6.45, 7) is 7.08. The molecule has 168 valence electrons. The van der Waals surface area contributed by atoms with E-state index in [-0.39, 0.29) is 29.7 Å². The number of amides is 1. The number of carbonyl (C=O) groups excluding carboxylic acids is 1. The summed E-state index contributed by atoms with van der Waals surface area (Å²) in [6, 6.07) is 10.7. The van der Waals surface area contributed by atoms with Gasteiger partial charge in [0.2, 0.25) is 5.91 Å². The molecule has 1 N–H and O–H groups in total. The number of fused-ring (bicyclic) bond motifs is 1. The van der Waals surface area contributed by atoms with Crippen molar-refractivity contribution in [2.24, 2.45) is 5.92 Å². The Morgan fingerprint density at radius 2 is 1.87 bits per heavy atom. The Bertz CT molecular complexity index is 916. The van der Waals surface area contributed by atoms with Gasteiger partial charge in [0.15, 0.2) is 11.5 Å². The quantitative estimate of drug-likeness (QED) is 0.673. The number of hydrogen-bond acceptors (Lipinski definition) is 4. The first-order valence-electron chi connectivity index (χ1n) is 10.9. The monoisotopic (exact) mass is 428 g/mol. The molecule has 0 fully saturated rings. The normalized spacial score (nSPS) is 17.2. The fraction of sp³-hybridized carbons (Fsp3) is 0.480. The van der Waals surface area contributed by atoms with Crippen LogP contribution < -0.4 is 14.8 Å². The Hall–Kier alpha value is -2.60. The average Bonchev–Trinajstić information content (AvgIpc) is 2.77. The van der Waals surface area contributed by atoms with Crippen LogP contribution in [-0.4, -0.2) is 37.6 Å². The molecule has 6 heteroatoms. The van der Waals surface area contributed by atoms with Gasteiger partial charge in [-0.05, 0) is 42.2 Å². The first-order valence-corrected chi connectivity index (χ1v) is 10.9. The largest absolute Gasteiger partial charge is 0.493 e. The van der Waals surface area contributed by atoms with Gasteiger partial charge in [-0.25, -0.2) is 4.39 Å². The van der Waals surface area contributed by atoms with Crippen molar-refractivity contribution >= 4 is 5.91 Å². The van der Waals surface area contributed by atoms with Crippen LogP contribution in [0.15, 0.2) is 36.4 Å². The third-order valence-electron chi connectivity index (χ3n) is 6.03. The predicted molar refractivity (Wildman–Crippen MR) is 120 cm³/mol. The highest BCUT2D eigenvalue weighted by Crippen LogP contribution is 2.40. The SMILES string of the molecule is CCC(NC(=O)C(C)C)C1c2cc(OC)c(OC)cc2CCN1Cc1ccccc1F. The maximum atomic E-state index is 14.5. The summed E-state index contributed by atoms with van der Waals surface area (Å²) in [5.74, 6) is 1.05. The Morgan fingerprint density at radius 3 is 2.48 bits per heavy atom. The summed E-state index contributed by atoms with van der Waals surface area (Å²) in [7, 11) is 3.25. The summed E-state index contributed by atoms with van der Waals surface area (Å²) in [6.07, 6.45) is 1.57. The molecule has 1 aliphatic rings. The number of ether oxygens (including phenoxy) is 2. The molecule has 5 nitrogen and oxygen atoms in total. The van der Waals surface area contributed by atoms with Gasteiger partial charge in [0.1, 0.15) is 5.82 Å². The maximum absolute atomic E-state index is 14.5. The number of nitrogens with zero attached hydrogens (tertiary/aromatic N) is 1. The molecule has 1 amide bonds. The Balaban J connectivity index is 2.05. The topological polar surface area (TPSA) is 50.8 Å². The van der Waals surface area contributed by atoms with Crippen molar-refractivity contribution in [1.29, 1.82) is 0 Å². The van der Waals surface area contributed by atoms with E-state index in [0.29, 0.717) is 23.6 Å². The van der Waals surface area contributed by atoms with E-state index in [1.54, 1.807) is 20.3 Å². The van der Waals surface area contributed by atoms with Gasteiger partial charge in [-0.2, -0.15) is 0 Å². The zero-order valence-corrected chi connectivity index (χ0v) is 19.1. The molecule has 1 heterocycles. The Labute approximate surface area is 184 Å². The third kappa shape index (κ3) is 5.01. The van der Waals surface area contributed by atoms with Crippen molar-refractivity contribution in [2.75, 3.05) is 20.8 Å². The van der Waals surface area contributed by atoms with Gasteiger partial charge in [0, 0.05) is 30.6 Å². The van der Waals surface area contributed by atoms with Crippen LogP contribution in [0.4, 0.5) is 4.39 Å². The van der Waals surface area contributed by atoms with Gasteiger partial charge in [-0.3, -0.25) is 9.69 Å². The number of nitrogens with one attached hydrogen (secondary N) is 1. The van der Waals surface area contributed by atoms with Crippen LogP contribution in [0.1, 0.15) is 49.9 Å². The summed E-state index contributed by atoms with van der Waals surface area (Å²) >= 11 is 0. The number of rotatable bonds is 8. The highest BCUT2D eigenvalue weighted by Gasteiger charge is 2.35. The van der Waals surface area contributed by atoms with E-state index in [1.165, 1.54) is 11.6 Å². The smallest absolute Gasteiger partial charge is 0.222 e. The molecular weight excluding hydrogens is 395 g/mol. The molecule has 1 aliphatic heterocycles. The minimum atomic E-state index is -0.210. The molecule has 2 unspecified atom stereocenters. The van der Waals surface area contributed by atoms with Crippen LogP contribution >= 0.6 is 0 Å². The van der Waals surface area contributed by atoms with Crippen molar-refractivity contribution in [3.8, 4) is 11.5 Å². The van der Waals surface area contributed by atoms with Crippen molar-refractivity contribution in [2.45, 2.75) is 52.2 Å². The van der Waals surface area contributed by atoms with Crippen LogP contribution in [-0.2, 0) is 17.8 Å². The van der Waals surface area contributed by atoms with Gasteiger partial charge in [-0.15, -0.1) is 0 Å². The van der Waals surface area contributed by atoms with Crippen molar-refractivity contribution in [3.63, 3.8) is 0 Å². The lowest BCUT2D eigenvalue weighted by atomic mass is 9.86. The van der Waals surface area contributed by atoms with Gasteiger partial charge >= 0.3 is 0 Å². The minimum Gasteiger partial charge on any atom is -0.493 e. The average molecular weight is 429 g/mol. The van der Waals surface area contributed by atoms with Crippen LogP contribution in [0.3, 0.4) is 0 Å². The molecule has 0 aromatic heterocycles. The van der Waals surface area contributed by atoms with E-state index in [9.17, 15) is 9.18 Å². The summed E-state index contributed by atoms with van der Waals surface area (Å²) in [5, 5.41) is 3.23. The zero-order valence-electron chi connectivity index (χ0n) is 19.1. The van der Waals surface area contributed by atoms with Crippen LogP contribution in [0.25, 0.3) is 0 Å². The predicted octanol–water partition coefficient (Wildman–Crippen LogP) is 4.49. The Morgan fingerprint density at radius 1 is 1.19 bits per heavy atom. The molecule has 0 aliphatic carbocycles. The van der Waals surface area contributed by atoms with Crippen molar-refractivity contribution in [1.82, 2.24) is 10.2 Å². The fourth-order valence-corrected chi connectivity index (χ4v) is 4.28. The minimum absolute atomic E-state index is 0.0188. The number of methoxy groups -OCH3 is 2. The van der Waals surface area contributed by atoms with Crippen LogP contribution in [0.5, 0.6) is 11.5 Å². The third-order valence-corrected chi connectivity index (χ3v) is 6.03. The standard InChI is InChI=1S/C25H33FN2O3/c1-6-21(27-25(29)16(2)3)24-19-14-23(31-5)22(30-4)13-17(19)11-12-28(24)15-18-9-7-8-10-20(18)26/h7-10,13-14,16,21,24H,6,11-12,15H2,1-5H3,(H,27,29). The van der Waals surface area contributed by atoms with E-state index in [1.807, 2.05) is 38.1 Å². The molecule has 2 atom stereocenters. The highest BCUT2D eigenvalue weighted by atomic mass is 19.1. The van der Waals surface area contributed by atoms with Gasteiger partial charge < -0.3 is 14.8 Å². The molecule has 0 spiro atoms. The summed E-state index contributed by atoms with van der Waals surface area (Å²) in [4.78, 5) is 14.8. The zero-order chi connectivity index (χ0) is 22.5. The second-order valence-electron chi connectivity index (χ2n) is 8.34. The van der Waals surface area contributed by atoms with Gasteiger partial charge in [-0.1, -0.05) is 39.0 Å². The molecule has 31 heavy (non-hydrogen) atoms. The van der Waals surface area contributed by atoms with Gasteiger partial charge in [0.25, 0.3) is 0 Å². The lowest BCUT2D eigenvalue weighted by molar-refractivity contribution is -0.125. The molecule has 2 aromatic rings. The maximum Gasteiger partial charge on any atom is 0.222 e. The second kappa shape index (κ2) is 10.1. The molecule has 0 saturated carbocycles.